The predicted molar refractivity (Wildman–Crippen MR) is 97.5 cm³/mol. The van der Waals surface area contributed by atoms with Crippen molar-refractivity contribution in [2.75, 3.05) is 25.1 Å². The van der Waals surface area contributed by atoms with Crippen LogP contribution in [0.4, 0.5) is 14.6 Å². The highest BCUT2D eigenvalue weighted by Crippen LogP contribution is 2.34. The van der Waals surface area contributed by atoms with E-state index in [1.165, 1.54) is 12.4 Å². The standard InChI is InChI=1S/C19H19F2N5O2/c1-27-14-5-3-2-4-13(14)19-24-17(25-28-19)12-6-10-26(11-7-12)18-15(16(20)21)22-8-9-23-18/h2-5,8-9,12,16H,6-7,10-11H2,1H3. The Morgan fingerprint density at radius 1 is 1.14 bits per heavy atom. The molecule has 4 rings (SSSR count). The molecule has 0 aliphatic carbocycles. The van der Waals surface area contributed by atoms with Crippen molar-refractivity contribution in [2.45, 2.75) is 25.2 Å². The van der Waals surface area contributed by atoms with Crippen LogP contribution in [0.15, 0.2) is 41.2 Å². The molecule has 1 aliphatic heterocycles. The molecular formula is C19H19F2N5O2. The van der Waals surface area contributed by atoms with Crippen LogP contribution in [0.5, 0.6) is 5.75 Å². The molecular weight excluding hydrogens is 368 g/mol. The summed E-state index contributed by atoms with van der Waals surface area (Å²) < 4.78 is 37.1. The Kier molecular flexibility index (Phi) is 5.14. The van der Waals surface area contributed by atoms with Crippen LogP contribution < -0.4 is 9.64 Å². The minimum atomic E-state index is -2.65. The lowest BCUT2D eigenvalue weighted by Gasteiger charge is -2.32. The van der Waals surface area contributed by atoms with Gasteiger partial charge in [-0.1, -0.05) is 17.3 Å². The van der Waals surface area contributed by atoms with Crippen molar-refractivity contribution in [3.05, 3.63) is 48.2 Å². The van der Waals surface area contributed by atoms with E-state index in [0.29, 0.717) is 43.4 Å². The van der Waals surface area contributed by atoms with Gasteiger partial charge in [0.1, 0.15) is 11.4 Å². The highest BCUT2D eigenvalue weighted by molar-refractivity contribution is 5.62. The SMILES string of the molecule is COc1ccccc1-c1nc(C2CCN(c3nccnc3C(F)F)CC2)no1. The van der Waals surface area contributed by atoms with Crippen LogP contribution in [0, 0.1) is 0 Å². The minimum Gasteiger partial charge on any atom is -0.496 e. The number of nitrogens with zero attached hydrogens (tertiary/aromatic N) is 5. The smallest absolute Gasteiger partial charge is 0.284 e. The third kappa shape index (κ3) is 3.51. The number of alkyl halides is 2. The highest BCUT2D eigenvalue weighted by atomic mass is 19.3. The number of piperidine rings is 1. The molecule has 0 spiro atoms. The number of rotatable bonds is 5. The number of hydrogen-bond acceptors (Lipinski definition) is 7. The van der Waals surface area contributed by atoms with E-state index in [2.05, 4.69) is 20.1 Å². The number of ether oxygens (including phenoxy) is 1. The van der Waals surface area contributed by atoms with Crippen molar-refractivity contribution in [1.82, 2.24) is 20.1 Å². The molecule has 1 fully saturated rings. The van der Waals surface area contributed by atoms with Gasteiger partial charge in [0.25, 0.3) is 12.3 Å². The Hall–Kier alpha value is -3.10. The first-order valence-corrected chi connectivity index (χ1v) is 8.98. The maximum atomic E-state index is 13.2. The molecule has 0 unspecified atom stereocenters. The van der Waals surface area contributed by atoms with Crippen LogP contribution in [-0.4, -0.2) is 40.3 Å². The number of anilines is 1. The van der Waals surface area contributed by atoms with E-state index in [1.807, 2.05) is 29.2 Å². The van der Waals surface area contributed by atoms with E-state index >= 15 is 0 Å². The van der Waals surface area contributed by atoms with Gasteiger partial charge in [0.15, 0.2) is 11.6 Å². The Bertz CT molecular complexity index is 941. The van der Waals surface area contributed by atoms with Crippen molar-refractivity contribution in [3.8, 4) is 17.2 Å². The lowest BCUT2D eigenvalue weighted by atomic mass is 9.96. The van der Waals surface area contributed by atoms with Crippen LogP contribution in [0.2, 0.25) is 0 Å². The molecule has 146 valence electrons. The molecule has 9 heteroatoms. The molecule has 7 nitrogen and oxygen atoms in total. The summed E-state index contributed by atoms with van der Waals surface area (Å²) in [5, 5.41) is 4.13. The van der Waals surface area contributed by atoms with Crippen LogP contribution in [0.3, 0.4) is 0 Å². The summed E-state index contributed by atoms with van der Waals surface area (Å²) in [6.45, 7) is 1.14. The zero-order valence-electron chi connectivity index (χ0n) is 15.3. The summed E-state index contributed by atoms with van der Waals surface area (Å²) in [5.74, 6) is 2.03. The summed E-state index contributed by atoms with van der Waals surface area (Å²) in [5.41, 5.74) is 0.460. The normalized spacial score (nSPS) is 15.2. The predicted octanol–water partition coefficient (Wildman–Crippen LogP) is 3.86. The molecule has 3 aromatic rings. The molecule has 0 bridgehead atoms. The second kappa shape index (κ2) is 7.87. The second-order valence-electron chi connectivity index (χ2n) is 6.49. The summed E-state index contributed by atoms with van der Waals surface area (Å²) in [6.07, 6.45) is 1.50. The number of halogens is 2. The second-order valence-corrected chi connectivity index (χ2v) is 6.49. The first-order valence-electron chi connectivity index (χ1n) is 8.98. The number of benzene rings is 1. The van der Waals surface area contributed by atoms with Crippen molar-refractivity contribution >= 4 is 5.82 Å². The van der Waals surface area contributed by atoms with Crippen molar-refractivity contribution in [1.29, 1.82) is 0 Å². The zero-order chi connectivity index (χ0) is 19.5. The summed E-state index contributed by atoms with van der Waals surface area (Å²) in [6, 6.07) is 7.44. The highest BCUT2D eigenvalue weighted by Gasteiger charge is 2.28. The van der Waals surface area contributed by atoms with Gasteiger partial charge >= 0.3 is 0 Å². The number of hydrogen-bond donors (Lipinski definition) is 0. The molecule has 1 aliphatic rings. The molecule has 0 saturated carbocycles. The van der Waals surface area contributed by atoms with Gasteiger partial charge in [-0.15, -0.1) is 0 Å². The van der Waals surface area contributed by atoms with Crippen LogP contribution in [-0.2, 0) is 0 Å². The molecule has 28 heavy (non-hydrogen) atoms. The maximum Gasteiger partial charge on any atom is 0.284 e. The fraction of sp³-hybridized carbons (Fsp3) is 0.368. The van der Waals surface area contributed by atoms with Crippen molar-refractivity contribution in [2.24, 2.45) is 0 Å². The first kappa shape index (κ1) is 18.3. The van der Waals surface area contributed by atoms with Gasteiger partial charge in [-0.2, -0.15) is 4.98 Å². The average molecular weight is 387 g/mol. The van der Waals surface area contributed by atoms with Crippen molar-refractivity contribution < 1.29 is 18.0 Å². The van der Waals surface area contributed by atoms with E-state index in [1.54, 1.807) is 7.11 Å². The van der Waals surface area contributed by atoms with E-state index in [9.17, 15) is 8.78 Å². The van der Waals surface area contributed by atoms with E-state index in [4.69, 9.17) is 9.26 Å². The summed E-state index contributed by atoms with van der Waals surface area (Å²) in [4.78, 5) is 14.3. The molecule has 3 heterocycles. The number of methoxy groups -OCH3 is 1. The maximum absolute atomic E-state index is 13.2. The van der Waals surface area contributed by atoms with Crippen LogP contribution in [0.1, 0.15) is 36.7 Å². The Morgan fingerprint density at radius 3 is 2.64 bits per heavy atom. The molecule has 0 radical (unpaired) electrons. The Balaban J connectivity index is 1.47. The molecule has 2 aromatic heterocycles. The number of para-hydroxylation sites is 1. The van der Waals surface area contributed by atoms with E-state index in [0.717, 1.165) is 5.56 Å². The van der Waals surface area contributed by atoms with Gasteiger partial charge in [0.05, 0.1) is 12.7 Å². The van der Waals surface area contributed by atoms with Crippen molar-refractivity contribution in [3.63, 3.8) is 0 Å². The first-order chi connectivity index (χ1) is 13.7. The number of aromatic nitrogens is 4. The fourth-order valence-electron chi connectivity index (χ4n) is 3.42. The molecule has 0 amide bonds. The quantitative estimate of drug-likeness (QED) is 0.658. The molecule has 1 aromatic carbocycles. The molecule has 1 saturated heterocycles. The lowest BCUT2D eigenvalue weighted by Crippen LogP contribution is -2.34. The lowest BCUT2D eigenvalue weighted by molar-refractivity contribution is 0.146. The van der Waals surface area contributed by atoms with Gasteiger partial charge in [0.2, 0.25) is 0 Å². The van der Waals surface area contributed by atoms with Crippen LogP contribution >= 0.6 is 0 Å². The molecule has 0 atom stereocenters. The van der Waals surface area contributed by atoms with Crippen LogP contribution in [0.25, 0.3) is 11.5 Å². The van der Waals surface area contributed by atoms with E-state index in [-0.39, 0.29) is 17.4 Å². The minimum absolute atomic E-state index is 0.0927. The molecule has 0 N–H and O–H groups in total. The zero-order valence-corrected chi connectivity index (χ0v) is 15.3. The Labute approximate surface area is 160 Å². The summed E-state index contributed by atoms with van der Waals surface area (Å²) in [7, 11) is 1.59. The van der Waals surface area contributed by atoms with E-state index < -0.39 is 6.43 Å². The van der Waals surface area contributed by atoms with Gasteiger partial charge in [-0.25, -0.2) is 18.7 Å². The van der Waals surface area contributed by atoms with Gasteiger partial charge in [-0.05, 0) is 25.0 Å². The largest absolute Gasteiger partial charge is 0.496 e. The third-order valence-electron chi connectivity index (χ3n) is 4.85. The third-order valence-corrected chi connectivity index (χ3v) is 4.85. The van der Waals surface area contributed by atoms with Gasteiger partial charge in [-0.3, -0.25) is 0 Å². The average Bonchev–Trinajstić information content (AvgIpc) is 3.24. The topological polar surface area (TPSA) is 77.2 Å². The monoisotopic (exact) mass is 387 g/mol. The fourth-order valence-corrected chi connectivity index (χ4v) is 3.42. The summed E-state index contributed by atoms with van der Waals surface area (Å²) >= 11 is 0. The Morgan fingerprint density at radius 2 is 1.89 bits per heavy atom. The van der Waals surface area contributed by atoms with Gasteiger partial charge < -0.3 is 14.2 Å². The van der Waals surface area contributed by atoms with Gasteiger partial charge in [0, 0.05) is 31.4 Å².